The number of primary amides is 1. The molecule has 3 aromatic rings. The van der Waals surface area contributed by atoms with Crippen LogP contribution in [0.1, 0.15) is 42.2 Å². The van der Waals surface area contributed by atoms with Gasteiger partial charge in [0.25, 0.3) is 5.91 Å². The number of fused-ring (bicyclic) bond motifs is 1. The van der Waals surface area contributed by atoms with Crippen LogP contribution in [0.25, 0.3) is 22.6 Å². The van der Waals surface area contributed by atoms with Gasteiger partial charge >= 0.3 is 5.69 Å². The SMILES string of the molecule is CCn1c(=O)n(CC(=O)N2CCCCC2)c2c(C(N)=O)nc(-c3ccc(C)cc3)nc21. The number of likely N-dealkylation sites (tertiary alicyclic amines) is 1. The molecule has 0 bridgehead atoms. The van der Waals surface area contributed by atoms with Crippen LogP contribution in [-0.4, -0.2) is 48.9 Å². The summed E-state index contributed by atoms with van der Waals surface area (Å²) in [5.74, 6) is -0.619. The number of nitrogens with zero attached hydrogens (tertiary/aromatic N) is 5. The van der Waals surface area contributed by atoms with Gasteiger partial charge in [-0.1, -0.05) is 29.8 Å². The minimum atomic E-state index is -0.770. The van der Waals surface area contributed by atoms with Gasteiger partial charge in [0.1, 0.15) is 12.1 Å². The molecule has 0 saturated carbocycles. The first kappa shape index (κ1) is 20.8. The van der Waals surface area contributed by atoms with Gasteiger partial charge in [-0.3, -0.25) is 18.7 Å². The molecule has 2 N–H and O–H groups in total. The van der Waals surface area contributed by atoms with E-state index in [1.54, 1.807) is 4.90 Å². The van der Waals surface area contributed by atoms with Crippen molar-refractivity contribution in [2.24, 2.45) is 5.73 Å². The van der Waals surface area contributed by atoms with E-state index in [4.69, 9.17) is 5.73 Å². The largest absolute Gasteiger partial charge is 0.364 e. The first-order valence-corrected chi connectivity index (χ1v) is 10.6. The third kappa shape index (κ3) is 3.83. The van der Waals surface area contributed by atoms with E-state index in [0.717, 1.165) is 24.8 Å². The zero-order valence-electron chi connectivity index (χ0n) is 17.8. The zero-order chi connectivity index (χ0) is 22.1. The van der Waals surface area contributed by atoms with Crippen molar-refractivity contribution < 1.29 is 9.59 Å². The third-order valence-electron chi connectivity index (χ3n) is 5.71. The maximum absolute atomic E-state index is 13.1. The Kier molecular flexibility index (Phi) is 5.58. The Hall–Kier alpha value is -3.49. The van der Waals surface area contributed by atoms with Gasteiger partial charge < -0.3 is 10.6 Å². The summed E-state index contributed by atoms with van der Waals surface area (Å²) in [5.41, 5.74) is 7.48. The van der Waals surface area contributed by atoms with Crippen molar-refractivity contribution in [2.75, 3.05) is 13.1 Å². The molecule has 0 spiro atoms. The van der Waals surface area contributed by atoms with Crippen molar-refractivity contribution in [3.63, 3.8) is 0 Å². The standard InChI is InChI=1S/C22H26N6O3/c1-3-27-21-18(28(22(27)31)13-16(29)26-11-5-4-6-12-26)17(19(23)30)24-20(25-21)15-9-7-14(2)8-10-15/h7-10H,3-6,11-13H2,1-2H3,(H2,23,30). The Balaban J connectivity index is 1.88. The summed E-state index contributed by atoms with van der Waals surface area (Å²) in [4.78, 5) is 49.1. The number of amides is 2. The van der Waals surface area contributed by atoms with Gasteiger partial charge in [-0.2, -0.15) is 0 Å². The average Bonchev–Trinajstić information content (AvgIpc) is 3.04. The predicted octanol–water partition coefficient (Wildman–Crippen LogP) is 1.70. The normalized spacial score (nSPS) is 14.2. The first-order valence-electron chi connectivity index (χ1n) is 10.6. The highest BCUT2D eigenvalue weighted by Gasteiger charge is 2.26. The highest BCUT2D eigenvalue weighted by atomic mass is 16.2. The lowest BCUT2D eigenvalue weighted by atomic mass is 10.1. The maximum atomic E-state index is 13.1. The van der Waals surface area contributed by atoms with Crippen LogP contribution >= 0.6 is 0 Å². The molecule has 9 heteroatoms. The molecule has 1 fully saturated rings. The molecular weight excluding hydrogens is 396 g/mol. The van der Waals surface area contributed by atoms with Crippen LogP contribution < -0.4 is 11.4 Å². The second kappa shape index (κ2) is 8.33. The van der Waals surface area contributed by atoms with Crippen LogP contribution in [0, 0.1) is 6.92 Å². The Labute approximate surface area is 179 Å². The Morgan fingerprint density at radius 3 is 2.32 bits per heavy atom. The molecule has 2 aromatic heterocycles. The Morgan fingerprint density at radius 1 is 1.03 bits per heavy atom. The second-order valence-corrected chi connectivity index (χ2v) is 7.85. The summed E-state index contributed by atoms with van der Waals surface area (Å²) < 4.78 is 2.74. The third-order valence-corrected chi connectivity index (χ3v) is 5.71. The van der Waals surface area contributed by atoms with Crippen LogP contribution in [0.3, 0.4) is 0 Å². The molecule has 9 nitrogen and oxygen atoms in total. The summed E-state index contributed by atoms with van der Waals surface area (Å²) in [5, 5.41) is 0. The Bertz CT molecular complexity index is 1200. The number of aromatic nitrogens is 4. The molecule has 3 heterocycles. The molecule has 1 aliphatic heterocycles. The monoisotopic (exact) mass is 422 g/mol. The summed E-state index contributed by atoms with van der Waals surface area (Å²) in [6.07, 6.45) is 3.00. The number of carbonyl (C=O) groups excluding carboxylic acids is 2. The lowest BCUT2D eigenvalue weighted by Gasteiger charge is -2.26. The van der Waals surface area contributed by atoms with Gasteiger partial charge in [0.05, 0.1) is 0 Å². The molecule has 1 aromatic carbocycles. The van der Waals surface area contributed by atoms with E-state index in [-0.39, 0.29) is 23.7 Å². The number of hydrogen-bond donors (Lipinski definition) is 1. The van der Waals surface area contributed by atoms with Gasteiger partial charge in [0.2, 0.25) is 5.91 Å². The topological polar surface area (TPSA) is 116 Å². The lowest BCUT2D eigenvalue weighted by molar-refractivity contribution is -0.132. The number of aryl methyl sites for hydroxylation is 2. The number of rotatable bonds is 5. The minimum Gasteiger partial charge on any atom is -0.364 e. The molecular formula is C22H26N6O3. The number of imidazole rings is 1. The summed E-state index contributed by atoms with van der Waals surface area (Å²) >= 11 is 0. The molecule has 0 atom stereocenters. The number of benzene rings is 1. The van der Waals surface area contributed by atoms with Crippen LogP contribution in [0.2, 0.25) is 0 Å². The average molecular weight is 422 g/mol. The molecule has 1 saturated heterocycles. The number of nitrogens with two attached hydrogens (primary N) is 1. The molecule has 0 unspecified atom stereocenters. The predicted molar refractivity (Wildman–Crippen MR) is 117 cm³/mol. The van der Waals surface area contributed by atoms with E-state index in [9.17, 15) is 14.4 Å². The fraction of sp³-hybridized carbons (Fsp3) is 0.409. The number of piperidine rings is 1. The summed E-state index contributed by atoms with van der Waals surface area (Å²) in [7, 11) is 0. The maximum Gasteiger partial charge on any atom is 0.330 e. The molecule has 4 rings (SSSR count). The van der Waals surface area contributed by atoms with Gasteiger partial charge in [-0.05, 0) is 33.1 Å². The zero-order valence-corrected chi connectivity index (χ0v) is 17.8. The Morgan fingerprint density at radius 2 is 1.71 bits per heavy atom. The van der Waals surface area contributed by atoms with Crippen molar-refractivity contribution in [3.8, 4) is 11.4 Å². The van der Waals surface area contributed by atoms with Crippen molar-refractivity contribution in [1.82, 2.24) is 24.0 Å². The lowest BCUT2D eigenvalue weighted by Crippen LogP contribution is -2.39. The fourth-order valence-corrected chi connectivity index (χ4v) is 4.03. The van der Waals surface area contributed by atoms with Crippen molar-refractivity contribution in [3.05, 3.63) is 46.0 Å². The van der Waals surface area contributed by atoms with Gasteiger partial charge in [0, 0.05) is 25.2 Å². The van der Waals surface area contributed by atoms with Gasteiger partial charge in [-0.25, -0.2) is 14.8 Å². The van der Waals surface area contributed by atoms with Crippen LogP contribution in [-0.2, 0) is 17.9 Å². The second-order valence-electron chi connectivity index (χ2n) is 7.85. The van der Waals surface area contributed by atoms with Gasteiger partial charge in [0.15, 0.2) is 17.2 Å². The molecule has 31 heavy (non-hydrogen) atoms. The minimum absolute atomic E-state index is 0.0590. The van der Waals surface area contributed by atoms with Crippen molar-refractivity contribution in [1.29, 1.82) is 0 Å². The van der Waals surface area contributed by atoms with E-state index >= 15 is 0 Å². The van der Waals surface area contributed by atoms with E-state index in [1.165, 1.54) is 9.13 Å². The van der Waals surface area contributed by atoms with Crippen LogP contribution in [0.4, 0.5) is 0 Å². The molecule has 0 radical (unpaired) electrons. The van der Waals surface area contributed by atoms with Crippen LogP contribution in [0.15, 0.2) is 29.1 Å². The smallest absolute Gasteiger partial charge is 0.330 e. The van der Waals surface area contributed by atoms with Gasteiger partial charge in [-0.15, -0.1) is 0 Å². The summed E-state index contributed by atoms with van der Waals surface area (Å²) in [6.45, 7) is 5.30. The van der Waals surface area contributed by atoms with E-state index in [1.807, 2.05) is 38.1 Å². The van der Waals surface area contributed by atoms with E-state index in [0.29, 0.717) is 36.7 Å². The molecule has 162 valence electrons. The number of carbonyl (C=O) groups is 2. The van der Waals surface area contributed by atoms with E-state index < -0.39 is 11.6 Å². The molecule has 1 aliphatic rings. The fourth-order valence-electron chi connectivity index (χ4n) is 4.03. The molecule has 0 aliphatic carbocycles. The highest BCUT2D eigenvalue weighted by molar-refractivity contribution is 6.02. The van der Waals surface area contributed by atoms with Crippen LogP contribution in [0.5, 0.6) is 0 Å². The van der Waals surface area contributed by atoms with Crippen molar-refractivity contribution in [2.45, 2.75) is 46.2 Å². The summed E-state index contributed by atoms with van der Waals surface area (Å²) in [6, 6.07) is 7.55. The molecule has 2 amide bonds. The highest BCUT2D eigenvalue weighted by Crippen LogP contribution is 2.22. The first-order chi connectivity index (χ1) is 14.9. The number of hydrogen-bond acceptors (Lipinski definition) is 5. The quantitative estimate of drug-likeness (QED) is 0.672. The van der Waals surface area contributed by atoms with Crippen molar-refractivity contribution >= 4 is 23.0 Å². The van der Waals surface area contributed by atoms with E-state index in [2.05, 4.69) is 9.97 Å².